The van der Waals surface area contributed by atoms with E-state index in [1.165, 1.54) is 12.1 Å². The van der Waals surface area contributed by atoms with Crippen LogP contribution < -0.4 is 9.21 Å². The first-order valence-corrected chi connectivity index (χ1v) is 11.4. The van der Waals surface area contributed by atoms with Crippen molar-refractivity contribution in [2.45, 2.75) is 24.3 Å². The molecule has 0 N–H and O–H groups in total. The number of hydrogen-bond donors (Lipinski definition) is 0. The van der Waals surface area contributed by atoms with Gasteiger partial charge in [-0.3, -0.25) is 9.10 Å². The molecule has 3 aromatic rings. The maximum Gasteiger partial charge on any atom is 0.264 e. The van der Waals surface area contributed by atoms with E-state index >= 15 is 0 Å². The zero-order chi connectivity index (χ0) is 21.3. The van der Waals surface area contributed by atoms with E-state index in [1.54, 1.807) is 47.4 Å². The molecule has 0 aliphatic carbocycles. The lowest BCUT2D eigenvalue weighted by Gasteiger charge is -2.29. The first-order chi connectivity index (χ1) is 14.4. The monoisotopic (exact) mass is 440 g/mol. The molecule has 7 heteroatoms. The van der Waals surface area contributed by atoms with E-state index in [4.69, 9.17) is 11.6 Å². The molecule has 0 bridgehead atoms. The van der Waals surface area contributed by atoms with Crippen molar-refractivity contribution >= 4 is 38.9 Å². The Morgan fingerprint density at radius 3 is 2.37 bits per heavy atom. The number of anilines is 2. The lowest BCUT2D eigenvalue weighted by molar-refractivity contribution is -0.117. The molecular weight excluding hydrogens is 420 g/mol. The maximum atomic E-state index is 13.5. The van der Waals surface area contributed by atoms with Gasteiger partial charge in [0.15, 0.2) is 0 Å². The summed E-state index contributed by atoms with van der Waals surface area (Å²) in [5.41, 5.74) is 2.18. The summed E-state index contributed by atoms with van der Waals surface area (Å²) < 4.78 is 28.0. The van der Waals surface area contributed by atoms with Gasteiger partial charge in [0, 0.05) is 11.7 Å². The van der Waals surface area contributed by atoms with E-state index in [1.807, 2.05) is 31.2 Å². The number of amides is 1. The SMILES string of the molecule is C[C@H]1Cc2ccccc2N1C(=O)CN(c1ccccc1Cl)S(=O)(=O)c1ccccc1. The zero-order valence-electron chi connectivity index (χ0n) is 16.4. The van der Waals surface area contributed by atoms with Gasteiger partial charge in [0.25, 0.3) is 10.0 Å². The average Bonchev–Trinajstić information content (AvgIpc) is 3.09. The highest BCUT2D eigenvalue weighted by molar-refractivity contribution is 7.92. The summed E-state index contributed by atoms with van der Waals surface area (Å²) in [6.45, 7) is 1.61. The summed E-state index contributed by atoms with van der Waals surface area (Å²) in [5.74, 6) is -0.299. The third kappa shape index (κ3) is 3.68. The van der Waals surface area contributed by atoms with E-state index in [0.717, 1.165) is 22.0 Å². The normalized spacial score (nSPS) is 15.7. The number of rotatable bonds is 5. The van der Waals surface area contributed by atoms with Crippen LogP contribution >= 0.6 is 11.6 Å². The molecule has 4 rings (SSSR count). The molecule has 1 aliphatic rings. The summed E-state index contributed by atoms with van der Waals surface area (Å²) >= 11 is 6.33. The van der Waals surface area contributed by atoms with E-state index in [0.29, 0.717) is 0 Å². The standard InChI is InChI=1S/C23H21ClN2O3S/c1-17-15-18-9-5-7-13-21(18)26(17)23(27)16-25(22-14-8-6-12-20(22)24)30(28,29)19-10-3-2-4-11-19/h2-14,17H,15-16H2,1H3/t17-/m0/s1. The minimum Gasteiger partial charge on any atom is -0.307 e. The molecule has 0 spiro atoms. The van der Waals surface area contributed by atoms with Crippen molar-refractivity contribution in [3.05, 3.63) is 89.4 Å². The molecule has 0 unspecified atom stereocenters. The second kappa shape index (κ2) is 8.13. The number of halogens is 1. The van der Waals surface area contributed by atoms with Crippen LogP contribution in [-0.2, 0) is 21.2 Å². The van der Waals surface area contributed by atoms with Crippen LogP contribution in [0.2, 0.25) is 5.02 Å². The Morgan fingerprint density at radius 1 is 1.00 bits per heavy atom. The van der Waals surface area contributed by atoms with Gasteiger partial charge >= 0.3 is 0 Å². The molecule has 154 valence electrons. The van der Waals surface area contributed by atoms with Gasteiger partial charge < -0.3 is 4.90 Å². The van der Waals surface area contributed by atoms with Crippen molar-refractivity contribution in [2.24, 2.45) is 0 Å². The predicted molar refractivity (Wildman–Crippen MR) is 120 cm³/mol. The molecule has 0 saturated carbocycles. The van der Waals surface area contributed by atoms with Crippen LogP contribution in [0.15, 0.2) is 83.8 Å². The number of hydrogen-bond acceptors (Lipinski definition) is 3. The molecule has 0 radical (unpaired) electrons. The fourth-order valence-electron chi connectivity index (χ4n) is 3.82. The Labute approximate surface area is 181 Å². The van der Waals surface area contributed by atoms with Crippen molar-refractivity contribution in [3.8, 4) is 0 Å². The molecule has 30 heavy (non-hydrogen) atoms. The van der Waals surface area contributed by atoms with Gasteiger partial charge in [0.2, 0.25) is 5.91 Å². The smallest absolute Gasteiger partial charge is 0.264 e. The minimum atomic E-state index is -3.99. The number of fused-ring (bicyclic) bond motifs is 1. The molecular formula is C23H21ClN2O3S. The highest BCUT2D eigenvalue weighted by atomic mass is 35.5. The van der Waals surface area contributed by atoms with Crippen LogP contribution in [0.1, 0.15) is 12.5 Å². The van der Waals surface area contributed by atoms with Gasteiger partial charge in [-0.2, -0.15) is 0 Å². The molecule has 0 aromatic heterocycles. The lowest BCUT2D eigenvalue weighted by atomic mass is 10.1. The van der Waals surface area contributed by atoms with Gasteiger partial charge in [-0.05, 0) is 49.2 Å². The summed E-state index contributed by atoms with van der Waals surface area (Å²) in [7, 11) is -3.99. The largest absolute Gasteiger partial charge is 0.307 e. The Kier molecular flexibility index (Phi) is 5.54. The fourth-order valence-corrected chi connectivity index (χ4v) is 5.56. The second-order valence-electron chi connectivity index (χ2n) is 7.22. The summed E-state index contributed by atoms with van der Waals surface area (Å²) in [4.78, 5) is 15.2. The Bertz CT molecular complexity index is 1180. The Balaban J connectivity index is 1.75. The predicted octanol–water partition coefficient (Wildman–Crippen LogP) is 4.51. The molecule has 1 atom stereocenters. The molecule has 0 saturated heterocycles. The van der Waals surface area contributed by atoms with Gasteiger partial charge in [-0.15, -0.1) is 0 Å². The minimum absolute atomic E-state index is 0.0533. The van der Waals surface area contributed by atoms with E-state index in [9.17, 15) is 13.2 Å². The fraction of sp³-hybridized carbons (Fsp3) is 0.174. The van der Waals surface area contributed by atoms with Gasteiger partial charge in [0.05, 0.1) is 15.6 Å². The van der Waals surface area contributed by atoms with Crippen molar-refractivity contribution in [3.63, 3.8) is 0 Å². The van der Waals surface area contributed by atoms with Gasteiger partial charge in [-0.25, -0.2) is 8.42 Å². The Hall–Kier alpha value is -2.83. The number of sulfonamides is 1. The van der Waals surface area contributed by atoms with Crippen molar-refractivity contribution in [2.75, 3.05) is 15.7 Å². The Morgan fingerprint density at radius 2 is 1.63 bits per heavy atom. The van der Waals surface area contributed by atoms with Crippen LogP contribution in [-0.4, -0.2) is 26.9 Å². The van der Waals surface area contributed by atoms with Crippen molar-refractivity contribution < 1.29 is 13.2 Å². The number of para-hydroxylation sites is 2. The van der Waals surface area contributed by atoms with Gasteiger partial charge in [-0.1, -0.05) is 60.1 Å². The number of nitrogens with zero attached hydrogens (tertiary/aromatic N) is 2. The summed E-state index contributed by atoms with van der Waals surface area (Å²) in [6.07, 6.45) is 0.736. The second-order valence-corrected chi connectivity index (χ2v) is 9.49. The van der Waals surface area contributed by atoms with E-state index in [2.05, 4.69) is 0 Å². The molecule has 1 aliphatic heterocycles. The number of benzene rings is 3. The average molecular weight is 441 g/mol. The first kappa shape index (κ1) is 20.4. The first-order valence-electron chi connectivity index (χ1n) is 9.62. The van der Waals surface area contributed by atoms with Crippen LogP contribution in [0.25, 0.3) is 0 Å². The van der Waals surface area contributed by atoms with E-state index in [-0.39, 0.29) is 34.1 Å². The van der Waals surface area contributed by atoms with Crippen LogP contribution in [0, 0.1) is 0 Å². The molecule has 0 fully saturated rings. The van der Waals surface area contributed by atoms with Crippen molar-refractivity contribution in [1.29, 1.82) is 0 Å². The van der Waals surface area contributed by atoms with E-state index < -0.39 is 10.0 Å². The number of carbonyl (C=O) groups excluding carboxylic acids is 1. The summed E-state index contributed by atoms with van der Waals surface area (Å²) in [6, 6.07) is 22.4. The zero-order valence-corrected chi connectivity index (χ0v) is 18.0. The third-order valence-corrected chi connectivity index (χ3v) is 7.30. The maximum absolute atomic E-state index is 13.5. The van der Waals surface area contributed by atoms with Crippen LogP contribution in [0.4, 0.5) is 11.4 Å². The lowest BCUT2D eigenvalue weighted by Crippen LogP contribution is -2.45. The highest BCUT2D eigenvalue weighted by Gasteiger charge is 2.35. The molecule has 5 nitrogen and oxygen atoms in total. The van der Waals surface area contributed by atoms with Gasteiger partial charge in [0.1, 0.15) is 6.54 Å². The molecule has 1 heterocycles. The molecule has 3 aromatic carbocycles. The quantitative estimate of drug-likeness (QED) is 0.586. The topological polar surface area (TPSA) is 57.7 Å². The van der Waals surface area contributed by atoms with Crippen LogP contribution in [0.3, 0.4) is 0 Å². The highest BCUT2D eigenvalue weighted by Crippen LogP contribution is 2.34. The van der Waals surface area contributed by atoms with Crippen molar-refractivity contribution in [1.82, 2.24) is 0 Å². The van der Waals surface area contributed by atoms with Crippen LogP contribution in [0.5, 0.6) is 0 Å². The number of carbonyl (C=O) groups is 1. The third-order valence-electron chi connectivity index (χ3n) is 5.21. The molecule has 1 amide bonds. The summed E-state index contributed by atoms with van der Waals surface area (Å²) in [5, 5.41) is 0.264.